The summed E-state index contributed by atoms with van der Waals surface area (Å²) in [6.45, 7) is 0.956. The van der Waals surface area contributed by atoms with Gasteiger partial charge in [-0.1, -0.05) is 17.2 Å². The van der Waals surface area contributed by atoms with E-state index in [1.54, 1.807) is 18.6 Å². The average Bonchev–Trinajstić information content (AvgIpc) is 2.77. The zero-order valence-corrected chi connectivity index (χ0v) is 9.70. The first-order valence-electron chi connectivity index (χ1n) is 5.54. The van der Waals surface area contributed by atoms with Crippen LogP contribution in [0.4, 0.5) is 4.39 Å². The molecule has 1 heterocycles. The number of halogens is 1. The van der Waals surface area contributed by atoms with E-state index >= 15 is 0 Å². The van der Waals surface area contributed by atoms with Gasteiger partial charge < -0.3 is 4.57 Å². The molecule has 2 rings (SSSR count). The van der Waals surface area contributed by atoms with Crippen LogP contribution in [0.2, 0.25) is 0 Å². The average molecular weight is 245 g/mol. The van der Waals surface area contributed by atoms with Crippen LogP contribution in [0.25, 0.3) is 10.4 Å². The summed E-state index contributed by atoms with van der Waals surface area (Å²) < 4.78 is 15.0. The lowest BCUT2D eigenvalue weighted by atomic mass is 10.1. The Balaban J connectivity index is 2.09. The molecule has 0 aliphatic rings. The first-order valence-corrected chi connectivity index (χ1v) is 5.54. The van der Waals surface area contributed by atoms with Crippen LogP contribution in [-0.4, -0.2) is 16.1 Å². The zero-order chi connectivity index (χ0) is 12.8. The summed E-state index contributed by atoms with van der Waals surface area (Å²) in [5.41, 5.74) is 10.1. The minimum atomic E-state index is -0.243. The molecule has 0 spiro atoms. The molecule has 5 nitrogen and oxygen atoms in total. The van der Waals surface area contributed by atoms with Crippen molar-refractivity contribution >= 4 is 0 Å². The summed E-state index contributed by atoms with van der Waals surface area (Å²) in [6.07, 6.45) is 4.02. The van der Waals surface area contributed by atoms with Gasteiger partial charge in [0.1, 0.15) is 5.82 Å². The quantitative estimate of drug-likeness (QED) is 0.453. The SMILES string of the molecule is [N-]=[N+]=NCCn1cncc1Cc1cccc(F)c1. The molecule has 1 aromatic heterocycles. The van der Waals surface area contributed by atoms with Gasteiger partial charge in [-0.05, 0) is 23.2 Å². The maximum atomic E-state index is 13.1. The number of rotatable bonds is 5. The van der Waals surface area contributed by atoms with Gasteiger partial charge in [0.05, 0.1) is 6.33 Å². The van der Waals surface area contributed by atoms with Gasteiger partial charge in [-0.25, -0.2) is 9.37 Å². The predicted molar refractivity (Wildman–Crippen MR) is 65.4 cm³/mol. The third kappa shape index (κ3) is 3.09. The second-order valence-corrected chi connectivity index (χ2v) is 3.84. The van der Waals surface area contributed by atoms with Crippen molar-refractivity contribution in [1.82, 2.24) is 9.55 Å². The molecule has 1 aromatic carbocycles. The third-order valence-electron chi connectivity index (χ3n) is 2.58. The molecule has 0 N–H and O–H groups in total. The highest BCUT2D eigenvalue weighted by atomic mass is 19.1. The Labute approximate surface area is 104 Å². The summed E-state index contributed by atoms with van der Waals surface area (Å²) in [5, 5.41) is 3.48. The van der Waals surface area contributed by atoms with Gasteiger partial charge in [0.15, 0.2) is 0 Å². The van der Waals surface area contributed by atoms with Gasteiger partial charge in [0, 0.05) is 36.3 Å². The number of hydrogen-bond donors (Lipinski definition) is 0. The maximum Gasteiger partial charge on any atom is 0.123 e. The number of nitrogens with zero attached hydrogens (tertiary/aromatic N) is 5. The summed E-state index contributed by atoms with van der Waals surface area (Å²) >= 11 is 0. The van der Waals surface area contributed by atoms with E-state index in [0.717, 1.165) is 11.3 Å². The van der Waals surface area contributed by atoms with Crippen LogP contribution in [0.5, 0.6) is 0 Å². The van der Waals surface area contributed by atoms with Crippen LogP contribution < -0.4 is 0 Å². The van der Waals surface area contributed by atoms with E-state index < -0.39 is 0 Å². The van der Waals surface area contributed by atoms with Gasteiger partial charge in [0.2, 0.25) is 0 Å². The number of benzene rings is 1. The molecule has 0 aliphatic heterocycles. The van der Waals surface area contributed by atoms with Crippen LogP contribution in [0.1, 0.15) is 11.3 Å². The number of hydrogen-bond acceptors (Lipinski definition) is 2. The topological polar surface area (TPSA) is 66.6 Å². The second kappa shape index (κ2) is 5.84. The van der Waals surface area contributed by atoms with Crippen LogP contribution in [0, 0.1) is 5.82 Å². The van der Waals surface area contributed by atoms with Gasteiger partial charge in [0.25, 0.3) is 0 Å². The Hall–Kier alpha value is -2.33. The molecule has 0 unspecified atom stereocenters. The van der Waals surface area contributed by atoms with E-state index in [0.29, 0.717) is 19.5 Å². The Bertz CT molecular complexity index is 571. The molecule has 92 valence electrons. The minimum absolute atomic E-state index is 0.243. The number of aromatic nitrogens is 2. The third-order valence-corrected chi connectivity index (χ3v) is 2.58. The molecule has 0 aliphatic carbocycles. The van der Waals surface area contributed by atoms with Crippen molar-refractivity contribution < 1.29 is 4.39 Å². The van der Waals surface area contributed by atoms with E-state index in [4.69, 9.17) is 5.53 Å². The van der Waals surface area contributed by atoms with Gasteiger partial charge >= 0.3 is 0 Å². The van der Waals surface area contributed by atoms with Crippen LogP contribution in [-0.2, 0) is 13.0 Å². The standard InChI is InChI=1S/C12H12FN5/c13-11-3-1-2-10(6-11)7-12-8-15-9-18(12)5-4-16-17-14/h1-3,6,8-9H,4-5,7H2. The summed E-state index contributed by atoms with van der Waals surface area (Å²) in [5.74, 6) is -0.243. The Morgan fingerprint density at radius 3 is 3.11 bits per heavy atom. The Morgan fingerprint density at radius 2 is 2.33 bits per heavy atom. The fourth-order valence-electron chi connectivity index (χ4n) is 1.75. The summed E-state index contributed by atoms with van der Waals surface area (Å²) in [4.78, 5) is 6.76. The lowest BCUT2D eigenvalue weighted by Gasteiger charge is -2.06. The zero-order valence-electron chi connectivity index (χ0n) is 9.70. The van der Waals surface area contributed by atoms with E-state index in [1.807, 2.05) is 10.6 Å². The van der Waals surface area contributed by atoms with Crippen molar-refractivity contribution in [3.05, 3.63) is 64.3 Å². The maximum absolute atomic E-state index is 13.1. The molecule has 0 saturated heterocycles. The molecule has 0 atom stereocenters. The number of imidazole rings is 1. The largest absolute Gasteiger partial charge is 0.334 e. The highest BCUT2D eigenvalue weighted by Gasteiger charge is 2.03. The molecule has 6 heteroatoms. The number of azide groups is 1. The van der Waals surface area contributed by atoms with Crippen molar-refractivity contribution in [3.8, 4) is 0 Å². The molecule has 0 amide bonds. The minimum Gasteiger partial charge on any atom is -0.334 e. The first-order chi connectivity index (χ1) is 8.79. The molecule has 0 fully saturated rings. The van der Waals surface area contributed by atoms with Crippen molar-refractivity contribution in [2.75, 3.05) is 6.54 Å². The Kier molecular flexibility index (Phi) is 3.94. The lowest BCUT2D eigenvalue weighted by Crippen LogP contribution is -2.04. The monoisotopic (exact) mass is 245 g/mol. The fraction of sp³-hybridized carbons (Fsp3) is 0.250. The fourth-order valence-corrected chi connectivity index (χ4v) is 1.75. The second-order valence-electron chi connectivity index (χ2n) is 3.84. The van der Waals surface area contributed by atoms with Gasteiger partial charge in [-0.15, -0.1) is 0 Å². The molecule has 0 saturated carbocycles. The molecule has 0 bridgehead atoms. The summed E-state index contributed by atoms with van der Waals surface area (Å²) in [7, 11) is 0. The van der Waals surface area contributed by atoms with E-state index in [-0.39, 0.29) is 5.82 Å². The van der Waals surface area contributed by atoms with E-state index in [9.17, 15) is 4.39 Å². The highest BCUT2D eigenvalue weighted by Crippen LogP contribution is 2.10. The van der Waals surface area contributed by atoms with E-state index in [2.05, 4.69) is 15.0 Å². The van der Waals surface area contributed by atoms with Crippen molar-refractivity contribution in [3.63, 3.8) is 0 Å². The molecule has 2 aromatic rings. The highest BCUT2D eigenvalue weighted by molar-refractivity contribution is 5.21. The normalized spacial score (nSPS) is 10.1. The molecule has 0 radical (unpaired) electrons. The van der Waals surface area contributed by atoms with Gasteiger partial charge in [-0.3, -0.25) is 0 Å². The van der Waals surface area contributed by atoms with E-state index in [1.165, 1.54) is 12.1 Å². The van der Waals surface area contributed by atoms with Crippen molar-refractivity contribution in [2.45, 2.75) is 13.0 Å². The first kappa shape index (κ1) is 12.1. The lowest BCUT2D eigenvalue weighted by molar-refractivity contribution is 0.625. The Morgan fingerprint density at radius 1 is 1.44 bits per heavy atom. The smallest absolute Gasteiger partial charge is 0.123 e. The molecule has 18 heavy (non-hydrogen) atoms. The predicted octanol–water partition coefficient (Wildman–Crippen LogP) is 2.92. The van der Waals surface area contributed by atoms with Crippen LogP contribution in [0.3, 0.4) is 0 Å². The molecular weight excluding hydrogens is 233 g/mol. The van der Waals surface area contributed by atoms with Crippen LogP contribution >= 0.6 is 0 Å². The molecular formula is C12H12FN5. The van der Waals surface area contributed by atoms with Crippen LogP contribution in [0.15, 0.2) is 41.9 Å². The van der Waals surface area contributed by atoms with Gasteiger partial charge in [-0.2, -0.15) is 0 Å². The van der Waals surface area contributed by atoms with Crippen molar-refractivity contribution in [2.24, 2.45) is 5.11 Å². The summed E-state index contributed by atoms with van der Waals surface area (Å²) in [6, 6.07) is 6.48. The van der Waals surface area contributed by atoms with Crippen molar-refractivity contribution in [1.29, 1.82) is 0 Å².